The standard InChI is InChI=1S/C14H19BrN2OS/c1-18-13-8-10(15)7-12(9-13)17-14(19)16-11-5-3-2-4-6-11/h7-9,11H,2-6H2,1H3,(H2,16,17,19). The van der Waals surface area contributed by atoms with Crippen LogP contribution < -0.4 is 15.4 Å². The van der Waals surface area contributed by atoms with E-state index in [1.165, 1.54) is 32.1 Å². The van der Waals surface area contributed by atoms with E-state index in [2.05, 4.69) is 26.6 Å². The maximum Gasteiger partial charge on any atom is 0.170 e. The van der Waals surface area contributed by atoms with E-state index in [-0.39, 0.29) is 0 Å². The van der Waals surface area contributed by atoms with Gasteiger partial charge in [0.25, 0.3) is 0 Å². The Morgan fingerprint density at radius 2 is 2.00 bits per heavy atom. The Bertz CT molecular complexity index is 447. The zero-order valence-corrected chi connectivity index (χ0v) is 13.4. The van der Waals surface area contributed by atoms with E-state index in [9.17, 15) is 0 Å². The number of halogens is 1. The summed E-state index contributed by atoms with van der Waals surface area (Å²) in [5, 5.41) is 7.29. The Morgan fingerprint density at radius 3 is 2.68 bits per heavy atom. The molecule has 3 nitrogen and oxygen atoms in total. The van der Waals surface area contributed by atoms with Crippen molar-refractivity contribution < 1.29 is 4.74 Å². The first-order valence-corrected chi connectivity index (χ1v) is 7.79. The number of nitrogens with one attached hydrogen (secondary N) is 2. The van der Waals surface area contributed by atoms with Crippen molar-refractivity contribution in [1.82, 2.24) is 5.32 Å². The van der Waals surface area contributed by atoms with Crippen LogP contribution in [0.3, 0.4) is 0 Å². The summed E-state index contributed by atoms with van der Waals surface area (Å²) in [7, 11) is 1.66. The molecule has 1 aromatic rings. The van der Waals surface area contributed by atoms with E-state index in [1.54, 1.807) is 7.11 Å². The minimum absolute atomic E-state index is 0.516. The lowest BCUT2D eigenvalue weighted by molar-refractivity contribution is 0.414. The zero-order chi connectivity index (χ0) is 13.7. The Kier molecular flexibility index (Phi) is 5.45. The normalized spacial score (nSPS) is 15.9. The summed E-state index contributed by atoms with van der Waals surface area (Å²) in [6.07, 6.45) is 6.37. The highest BCUT2D eigenvalue weighted by atomic mass is 79.9. The number of methoxy groups -OCH3 is 1. The van der Waals surface area contributed by atoms with Crippen molar-refractivity contribution in [2.75, 3.05) is 12.4 Å². The molecule has 0 saturated heterocycles. The second-order valence-electron chi connectivity index (χ2n) is 4.81. The molecule has 5 heteroatoms. The molecular weight excluding hydrogens is 324 g/mol. The van der Waals surface area contributed by atoms with E-state index < -0.39 is 0 Å². The lowest BCUT2D eigenvalue weighted by Gasteiger charge is -2.24. The molecule has 1 saturated carbocycles. The van der Waals surface area contributed by atoms with Crippen LogP contribution in [0.5, 0.6) is 5.75 Å². The lowest BCUT2D eigenvalue weighted by Crippen LogP contribution is -2.38. The van der Waals surface area contributed by atoms with E-state index >= 15 is 0 Å². The van der Waals surface area contributed by atoms with Crippen LogP contribution in [0.1, 0.15) is 32.1 Å². The molecule has 0 unspecified atom stereocenters. The zero-order valence-electron chi connectivity index (χ0n) is 11.0. The molecule has 1 aliphatic carbocycles. The molecule has 0 amide bonds. The SMILES string of the molecule is COc1cc(Br)cc(NC(=S)NC2CCCCC2)c1. The summed E-state index contributed by atoms with van der Waals surface area (Å²) in [4.78, 5) is 0. The maximum absolute atomic E-state index is 5.36. The van der Waals surface area contributed by atoms with Crippen molar-refractivity contribution in [3.63, 3.8) is 0 Å². The van der Waals surface area contributed by atoms with Gasteiger partial charge in [-0.25, -0.2) is 0 Å². The molecule has 1 aromatic carbocycles. The fraction of sp³-hybridized carbons (Fsp3) is 0.500. The summed E-state index contributed by atoms with van der Waals surface area (Å²) in [6.45, 7) is 0. The van der Waals surface area contributed by atoms with Gasteiger partial charge in [0.05, 0.1) is 7.11 Å². The minimum Gasteiger partial charge on any atom is -0.497 e. The number of ether oxygens (including phenoxy) is 1. The first-order chi connectivity index (χ1) is 9.17. The predicted molar refractivity (Wildman–Crippen MR) is 86.9 cm³/mol. The number of benzene rings is 1. The summed E-state index contributed by atoms with van der Waals surface area (Å²) in [5.74, 6) is 0.803. The monoisotopic (exact) mass is 342 g/mol. The number of rotatable bonds is 3. The minimum atomic E-state index is 0.516. The number of hydrogen-bond acceptors (Lipinski definition) is 2. The highest BCUT2D eigenvalue weighted by molar-refractivity contribution is 9.10. The number of hydrogen-bond donors (Lipinski definition) is 2. The second kappa shape index (κ2) is 7.10. The fourth-order valence-electron chi connectivity index (χ4n) is 2.35. The molecule has 0 bridgehead atoms. The van der Waals surface area contributed by atoms with Crippen LogP contribution in [0.25, 0.3) is 0 Å². The van der Waals surface area contributed by atoms with Crippen LogP contribution in [0.15, 0.2) is 22.7 Å². The van der Waals surface area contributed by atoms with Gasteiger partial charge >= 0.3 is 0 Å². The van der Waals surface area contributed by atoms with Gasteiger partial charge in [-0.05, 0) is 37.2 Å². The van der Waals surface area contributed by atoms with Gasteiger partial charge in [0.1, 0.15) is 5.75 Å². The number of anilines is 1. The van der Waals surface area contributed by atoms with Gasteiger partial charge in [-0.15, -0.1) is 0 Å². The van der Waals surface area contributed by atoms with Crippen molar-refractivity contribution in [2.24, 2.45) is 0 Å². The van der Waals surface area contributed by atoms with Gasteiger partial charge in [-0.1, -0.05) is 35.2 Å². The molecule has 0 radical (unpaired) electrons. The Morgan fingerprint density at radius 1 is 1.26 bits per heavy atom. The first-order valence-electron chi connectivity index (χ1n) is 6.59. The molecule has 2 N–H and O–H groups in total. The Hall–Kier alpha value is -0.810. The van der Waals surface area contributed by atoms with Crippen molar-refractivity contribution >= 4 is 38.9 Å². The lowest BCUT2D eigenvalue weighted by atomic mass is 9.96. The van der Waals surface area contributed by atoms with E-state index in [0.717, 1.165) is 15.9 Å². The number of thiocarbonyl (C=S) groups is 1. The largest absolute Gasteiger partial charge is 0.497 e. The summed E-state index contributed by atoms with van der Waals surface area (Å²) >= 11 is 8.82. The van der Waals surface area contributed by atoms with Crippen LogP contribution in [0.2, 0.25) is 0 Å². The van der Waals surface area contributed by atoms with Gasteiger partial charge in [0, 0.05) is 22.3 Å². The van der Waals surface area contributed by atoms with Crippen molar-refractivity contribution in [1.29, 1.82) is 0 Å². The fourth-order valence-corrected chi connectivity index (χ4v) is 3.11. The molecule has 104 valence electrons. The molecule has 1 fully saturated rings. The van der Waals surface area contributed by atoms with Gasteiger partial charge in [-0.3, -0.25) is 0 Å². The molecule has 1 aliphatic rings. The maximum atomic E-state index is 5.36. The predicted octanol–water partition coefficient (Wildman–Crippen LogP) is 4.08. The summed E-state index contributed by atoms with van der Waals surface area (Å²) < 4.78 is 6.20. The molecule has 0 aromatic heterocycles. The highest BCUT2D eigenvalue weighted by Crippen LogP contribution is 2.24. The van der Waals surface area contributed by atoms with Crippen molar-refractivity contribution in [3.05, 3.63) is 22.7 Å². The molecule has 0 aliphatic heterocycles. The first kappa shape index (κ1) is 14.6. The van der Waals surface area contributed by atoms with Crippen molar-refractivity contribution in [3.8, 4) is 5.75 Å². The molecule has 19 heavy (non-hydrogen) atoms. The van der Waals surface area contributed by atoms with Crippen LogP contribution >= 0.6 is 28.1 Å². The van der Waals surface area contributed by atoms with Gasteiger partial charge in [-0.2, -0.15) is 0 Å². The quantitative estimate of drug-likeness (QED) is 0.811. The van der Waals surface area contributed by atoms with Crippen LogP contribution in [-0.4, -0.2) is 18.3 Å². The van der Waals surface area contributed by atoms with Gasteiger partial charge in [0.2, 0.25) is 0 Å². The molecule has 0 atom stereocenters. The molecule has 0 spiro atoms. The summed E-state index contributed by atoms with van der Waals surface area (Å²) in [6, 6.07) is 6.35. The van der Waals surface area contributed by atoms with Crippen molar-refractivity contribution in [2.45, 2.75) is 38.1 Å². The Labute approximate surface area is 128 Å². The van der Waals surface area contributed by atoms with E-state index in [0.29, 0.717) is 11.2 Å². The van der Waals surface area contributed by atoms with Gasteiger partial charge < -0.3 is 15.4 Å². The molecule has 0 heterocycles. The van der Waals surface area contributed by atoms with E-state index in [4.69, 9.17) is 17.0 Å². The van der Waals surface area contributed by atoms with Crippen LogP contribution in [-0.2, 0) is 0 Å². The van der Waals surface area contributed by atoms with Gasteiger partial charge in [0.15, 0.2) is 5.11 Å². The van der Waals surface area contributed by atoms with E-state index in [1.807, 2.05) is 18.2 Å². The van der Waals surface area contributed by atoms with Crippen LogP contribution in [0, 0.1) is 0 Å². The third-order valence-corrected chi connectivity index (χ3v) is 3.98. The van der Waals surface area contributed by atoms with Crippen LogP contribution in [0.4, 0.5) is 5.69 Å². The average molecular weight is 343 g/mol. The third kappa shape index (κ3) is 4.66. The molecule has 2 rings (SSSR count). The highest BCUT2D eigenvalue weighted by Gasteiger charge is 2.14. The topological polar surface area (TPSA) is 33.3 Å². The smallest absolute Gasteiger partial charge is 0.170 e. The second-order valence-corrected chi connectivity index (χ2v) is 6.14. The molecular formula is C14H19BrN2OS. The Balaban J connectivity index is 1.92. The average Bonchev–Trinajstić information content (AvgIpc) is 2.38. The third-order valence-electron chi connectivity index (χ3n) is 3.31. The summed E-state index contributed by atoms with van der Waals surface area (Å²) in [5.41, 5.74) is 0.930.